The minimum atomic E-state index is -0.275. The number of hydrogen-bond acceptors (Lipinski definition) is 2. The van der Waals surface area contributed by atoms with E-state index in [9.17, 15) is 0 Å². The molecule has 1 unspecified atom stereocenters. The fourth-order valence-corrected chi connectivity index (χ4v) is 2.30. The third-order valence-electron chi connectivity index (χ3n) is 3.29. The molecule has 2 nitrogen and oxygen atoms in total. The first-order chi connectivity index (χ1) is 9.15. The molecule has 1 atom stereocenters. The van der Waals surface area contributed by atoms with E-state index >= 15 is 0 Å². The van der Waals surface area contributed by atoms with Gasteiger partial charge in [0.1, 0.15) is 11.3 Å². The molecular weight excluding hydrogens is 258 g/mol. The number of benzene rings is 2. The molecule has 0 saturated carbocycles. The summed E-state index contributed by atoms with van der Waals surface area (Å²) in [6, 6.07) is 15.4. The second-order valence-electron chi connectivity index (χ2n) is 4.67. The van der Waals surface area contributed by atoms with Crippen molar-refractivity contribution in [3.63, 3.8) is 0 Å². The highest BCUT2D eigenvalue weighted by atomic mass is 35.5. The molecule has 0 saturated heterocycles. The molecule has 1 heterocycles. The number of rotatable bonds is 2. The highest BCUT2D eigenvalue weighted by molar-refractivity contribution is 6.31. The molecule has 0 aliphatic carbocycles. The molecule has 0 amide bonds. The van der Waals surface area contributed by atoms with E-state index in [2.05, 4.69) is 0 Å². The van der Waals surface area contributed by atoms with Gasteiger partial charge in [0, 0.05) is 10.4 Å². The summed E-state index contributed by atoms with van der Waals surface area (Å²) in [6.45, 7) is 1.97. The van der Waals surface area contributed by atoms with Gasteiger partial charge < -0.3 is 10.2 Å². The van der Waals surface area contributed by atoms with E-state index in [-0.39, 0.29) is 6.04 Å². The van der Waals surface area contributed by atoms with E-state index in [1.165, 1.54) is 0 Å². The van der Waals surface area contributed by atoms with Crippen LogP contribution in [0.1, 0.15) is 22.9 Å². The smallest absolute Gasteiger partial charge is 0.134 e. The van der Waals surface area contributed by atoms with Crippen molar-refractivity contribution in [1.82, 2.24) is 0 Å². The van der Waals surface area contributed by atoms with Gasteiger partial charge in [0.2, 0.25) is 0 Å². The summed E-state index contributed by atoms with van der Waals surface area (Å²) in [5.41, 5.74) is 9.14. The molecule has 3 rings (SSSR count). The van der Waals surface area contributed by atoms with Gasteiger partial charge in [0.25, 0.3) is 0 Å². The van der Waals surface area contributed by atoms with E-state index in [1.807, 2.05) is 55.5 Å². The maximum atomic E-state index is 6.26. The van der Waals surface area contributed by atoms with E-state index in [4.69, 9.17) is 21.8 Å². The summed E-state index contributed by atoms with van der Waals surface area (Å²) in [7, 11) is 0. The molecule has 1 aromatic heterocycles. The maximum absolute atomic E-state index is 6.26. The van der Waals surface area contributed by atoms with E-state index < -0.39 is 0 Å². The molecule has 0 aliphatic rings. The Morgan fingerprint density at radius 2 is 1.89 bits per heavy atom. The number of para-hydroxylation sites is 1. The fourth-order valence-electron chi connectivity index (χ4n) is 2.18. The third kappa shape index (κ3) is 2.25. The molecule has 2 aromatic carbocycles. The second-order valence-corrected chi connectivity index (χ2v) is 5.08. The van der Waals surface area contributed by atoms with Crippen molar-refractivity contribution in [2.24, 2.45) is 5.73 Å². The average molecular weight is 272 g/mol. The molecule has 3 heteroatoms. The number of halogens is 1. The van der Waals surface area contributed by atoms with Gasteiger partial charge in [-0.1, -0.05) is 41.9 Å². The van der Waals surface area contributed by atoms with Gasteiger partial charge in [0.15, 0.2) is 0 Å². The van der Waals surface area contributed by atoms with Crippen LogP contribution in [0.15, 0.2) is 52.9 Å². The summed E-state index contributed by atoms with van der Waals surface area (Å²) in [5.74, 6) is 0.767. The molecule has 96 valence electrons. The molecule has 0 spiro atoms. The lowest BCUT2D eigenvalue weighted by atomic mass is 10.0. The van der Waals surface area contributed by atoms with Gasteiger partial charge in [-0.05, 0) is 36.2 Å². The zero-order chi connectivity index (χ0) is 13.4. The quantitative estimate of drug-likeness (QED) is 0.748. The summed E-state index contributed by atoms with van der Waals surface area (Å²) in [6.07, 6.45) is 0. The molecule has 0 aliphatic heterocycles. The van der Waals surface area contributed by atoms with E-state index in [1.54, 1.807) is 0 Å². The van der Waals surface area contributed by atoms with Crippen LogP contribution in [0, 0.1) is 6.92 Å². The van der Waals surface area contributed by atoms with Gasteiger partial charge >= 0.3 is 0 Å². The van der Waals surface area contributed by atoms with Crippen LogP contribution in [0.5, 0.6) is 0 Å². The Labute approximate surface area is 116 Å². The van der Waals surface area contributed by atoms with Gasteiger partial charge in [-0.25, -0.2) is 0 Å². The largest absolute Gasteiger partial charge is 0.459 e. The average Bonchev–Trinajstić information content (AvgIpc) is 2.85. The zero-order valence-electron chi connectivity index (χ0n) is 10.6. The van der Waals surface area contributed by atoms with Crippen LogP contribution < -0.4 is 5.73 Å². The van der Waals surface area contributed by atoms with Crippen molar-refractivity contribution < 1.29 is 4.42 Å². The lowest BCUT2D eigenvalue weighted by molar-refractivity contribution is 0.525. The van der Waals surface area contributed by atoms with Gasteiger partial charge in [-0.2, -0.15) is 0 Å². The zero-order valence-corrected chi connectivity index (χ0v) is 11.3. The highest BCUT2D eigenvalue weighted by Crippen LogP contribution is 2.28. The molecule has 0 bridgehead atoms. The van der Waals surface area contributed by atoms with Gasteiger partial charge in [0.05, 0.1) is 6.04 Å². The Hall–Kier alpha value is -1.77. The van der Waals surface area contributed by atoms with Crippen molar-refractivity contribution in [1.29, 1.82) is 0 Å². The maximum Gasteiger partial charge on any atom is 0.134 e. The predicted octanol–water partition coefficient (Wildman–Crippen LogP) is 4.44. The number of nitrogens with two attached hydrogens (primary N) is 1. The predicted molar refractivity (Wildman–Crippen MR) is 78.4 cm³/mol. The molecular formula is C16H14ClNO. The highest BCUT2D eigenvalue weighted by Gasteiger charge is 2.14. The van der Waals surface area contributed by atoms with Crippen LogP contribution in [0.2, 0.25) is 5.02 Å². The molecule has 2 N–H and O–H groups in total. The molecule has 3 aromatic rings. The fraction of sp³-hybridized carbons (Fsp3) is 0.125. The van der Waals surface area contributed by atoms with Crippen molar-refractivity contribution in [2.45, 2.75) is 13.0 Å². The Bertz CT molecular complexity index is 699. The van der Waals surface area contributed by atoms with Crippen LogP contribution in [-0.2, 0) is 0 Å². The summed E-state index contributed by atoms with van der Waals surface area (Å²) >= 11 is 6.03. The topological polar surface area (TPSA) is 39.2 Å². The molecule has 0 fully saturated rings. The Morgan fingerprint density at radius 3 is 2.63 bits per heavy atom. The Balaban J connectivity index is 2.02. The van der Waals surface area contributed by atoms with Crippen molar-refractivity contribution in [2.75, 3.05) is 0 Å². The minimum absolute atomic E-state index is 0.275. The number of aryl methyl sites for hydroxylation is 1. The standard InChI is InChI=1S/C16H14ClNO/c1-10-8-12(6-7-13(10)17)16(18)15-9-11-4-2-3-5-14(11)19-15/h2-9,16H,18H2,1H3. The van der Waals surface area contributed by atoms with Crippen LogP contribution in [-0.4, -0.2) is 0 Å². The van der Waals surface area contributed by atoms with Crippen molar-refractivity contribution >= 4 is 22.6 Å². The summed E-state index contributed by atoms with van der Waals surface area (Å²) in [5, 5.41) is 1.82. The number of fused-ring (bicyclic) bond motifs is 1. The first-order valence-electron chi connectivity index (χ1n) is 6.15. The molecule has 0 radical (unpaired) electrons. The normalized spacial score (nSPS) is 12.8. The van der Waals surface area contributed by atoms with E-state index in [0.717, 1.165) is 32.9 Å². The Morgan fingerprint density at radius 1 is 1.11 bits per heavy atom. The number of furan rings is 1. The van der Waals surface area contributed by atoms with Crippen LogP contribution in [0.3, 0.4) is 0 Å². The second kappa shape index (κ2) is 4.72. The van der Waals surface area contributed by atoms with Crippen LogP contribution in [0.25, 0.3) is 11.0 Å². The van der Waals surface area contributed by atoms with E-state index in [0.29, 0.717) is 0 Å². The molecule has 19 heavy (non-hydrogen) atoms. The Kier molecular flexibility index (Phi) is 3.05. The van der Waals surface area contributed by atoms with Crippen molar-refractivity contribution in [3.8, 4) is 0 Å². The van der Waals surface area contributed by atoms with Gasteiger partial charge in [-0.3, -0.25) is 0 Å². The lowest BCUT2D eigenvalue weighted by Crippen LogP contribution is -2.10. The minimum Gasteiger partial charge on any atom is -0.459 e. The first kappa shape index (κ1) is 12.3. The summed E-state index contributed by atoms with van der Waals surface area (Å²) < 4.78 is 5.80. The van der Waals surface area contributed by atoms with Crippen LogP contribution >= 0.6 is 11.6 Å². The van der Waals surface area contributed by atoms with Crippen molar-refractivity contribution in [3.05, 3.63) is 70.4 Å². The SMILES string of the molecule is Cc1cc(C(N)c2cc3ccccc3o2)ccc1Cl. The lowest BCUT2D eigenvalue weighted by Gasteiger charge is -2.10. The van der Waals surface area contributed by atoms with Gasteiger partial charge in [-0.15, -0.1) is 0 Å². The number of hydrogen-bond donors (Lipinski definition) is 1. The van der Waals surface area contributed by atoms with Crippen LogP contribution in [0.4, 0.5) is 0 Å². The monoisotopic (exact) mass is 271 g/mol. The first-order valence-corrected chi connectivity index (χ1v) is 6.53. The summed E-state index contributed by atoms with van der Waals surface area (Å²) in [4.78, 5) is 0. The third-order valence-corrected chi connectivity index (χ3v) is 3.72.